The molecule has 0 spiro atoms. The molecule has 2 saturated heterocycles. The maximum absolute atomic E-state index is 5.83. The van der Waals surface area contributed by atoms with E-state index in [9.17, 15) is 0 Å². The lowest BCUT2D eigenvalue weighted by Gasteiger charge is -2.26. The van der Waals surface area contributed by atoms with Crippen molar-refractivity contribution >= 4 is 0 Å². The molecule has 0 saturated carbocycles. The van der Waals surface area contributed by atoms with Crippen LogP contribution in [0, 0.1) is 0 Å². The minimum absolute atomic E-state index is 0.401. The Kier molecular flexibility index (Phi) is 6.70. The summed E-state index contributed by atoms with van der Waals surface area (Å²) in [6, 6.07) is 8.38. The number of benzene rings is 1. The Morgan fingerprint density at radius 3 is 2.70 bits per heavy atom. The van der Waals surface area contributed by atoms with E-state index in [0.29, 0.717) is 6.10 Å². The molecule has 1 atom stereocenters. The van der Waals surface area contributed by atoms with E-state index in [2.05, 4.69) is 34.5 Å². The second-order valence-electron chi connectivity index (χ2n) is 6.21. The first-order chi connectivity index (χ1) is 11.4. The lowest BCUT2D eigenvalue weighted by molar-refractivity contribution is 0.0322. The van der Waals surface area contributed by atoms with Crippen molar-refractivity contribution in [2.24, 2.45) is 0 Å². The van der Waals surface area contributed by atoms with E-state index >= 15 is 0 Å². The second kappa shape index (κ2) is 9.23. The Bertz CT molecular complexity index is 440. The van der Waals surface area contributed by atoms with Crippen LogP contribution in [0.2, 0.25) is 0 Å². The van der Waals surface area contributed by atoms with Gasteiger partial charge in [0.05, 0.1) is 19.3 Å². The van der Waals surface area contributed by atoms with Crippen molar-refractivity contribution in [3.05, 3.63) is 29.8 Å². The predicted molar refractivity (Wildman–Crippen MR) is 89.9 cm³/mol. The zero-order valence-corrected chi connectivity index (χ0v) is 13.8. The summed E-state index contributed by atoms with van der Waals surface area (Å²) in [7, 11) is 0. The first-order valence-electron chi connectivity index (χ1n) is 8.74. The number of morpholine rings is 1. The molecule has 0 aliphatic carbocycles. The van der Waals surface area contributed by atoms with E-state index in [-0.39, 0.29) is 0 Å². The van der Waals surface area contributed by atoms with E-state index in [0.717, 1.165) is 64.9 Å². The van der Waals surface area contributed by atoms with Crippen LogP contribution in [-0.2, 0) is 16.0 Å². The van der Waals surface area contributed by atoms with Crippen LogP contribution >= 0.6 is 0 Å². The molecule has 0 aromatic heterocycles. The lowest BCUT2D eigenvalue weighted by atomic mass is 10.2. The second-order valence-corrected chi connectivity index (χ2v) is 6.21. The summed E-state index contributed by atoms with van der Waals surface area (Å²) in [4.78, 5) is 2.38. The minimum Gasteiger partial charge on any atom is -0.492 e. The molecule has 5 nitrogen and oxygen atoms in total. The first kappa shape index (κ1) is 16.7. The Labute approximate surface area is 138 Å². The van der Waals surface area contributed by atoms with Gasteiger partial charge in [0.15, 0.2) is 0 Å². The fraction of sp³-hybridized carbons (Fsp3) is 0.667. The molecular formula is C18H28N2O3. The highest BCUT2D eigenvalue weighted by atomic mass is 16.5. The van der Waals surface area contributed by atoms with Gasteiger partial charge < -0.3 is 19.5 Å². The Morgan fingerprint density at radius 1 is 1.13 bits per heavy atom. The van der Waals surface area contributed by atoms with Crippen molar-refractivity contribution in [3.8, 4) is 5.75 Å². The molecule has 5 heteroatoms. The van der Waals surface area contributed by atoms with Crippen molar-refractivity contribution in [3.63, 3.8) is 0 Å². The van der Waals surface area contributed by atoms with E-state index in [4.69, 9.17) is 14.2 Å². The molecule has 1 aromatic carbocycles. The molecule has 0 unspecified atom stereocenters. The lowest BCUT2D eigenvalue weighted by Crippen LogP contribution is -2.38. The van der Waals surface area contributed by atoms with Crippen molar-refractivity contribution < 1.29 is 14.2 Å². The molecular weight excluding hydrogens is 292 g/mol. The predicted octanol–water partition coefficient (Wildman–Crippen LogP) is 1.67. The number of ether oxygens (including phenoxy) is 3. The monoisotopic (exact) mass is 320 g/mol. The van der Waals surface area contributed by atoms with Gasteiger partial charge in [0.2, 0.25) is 0 Å². The zero-order valence-electron chi connectivity index (χ0n) is 13.8. The summed E-state index contributed by atoms with van der Waals surface area (Å²) in [5.74, 6) is 0.945. The van der Waals surface area contributed by atoms with Gasteiger partial charge in [-0.25, -0.2) is 0 Å². The van der Waals surface area contributed by atoms with Gasteiger partial charge in [0.25, 0.3) is 0 Å². The molecule has 128 valence electrons. The zero-order chi connectivity index (χ0) is 15.7. The fourth-order valence-corrected chi connectivity index (χ4v) is 3.00. The molecule has 1 aromatic rings. The van der Waals surface area contributed by atoms with Gasteiger partial charge in [0.1, 0.15) is 12.4 Å². The van der Waals surface area contributed by atoms with Crippen LogP contribution < -0.4 is 10.1 Å². The highest BCUT2D eigenvalue weighted by Crippen LogP contribution is 2.13. The molecule has 3 rings (SSSR count). The Balaban J connectivity index is 1.31. The largest absolute Gasteiger partial charge is 0.492 e. The van der Waals surface area contributed by atoms with Crippen molar-refractivity contribution in [2.75, 3.05) is 52.6 Å². The van der Waals surface area contributed by atoms with Crippen LogP contribution in [0.5, 0.6) is 5.75 Å². The summed E-state index contributed by atoms with van der Waals surface area (Å²) in [5, 5.41) is 3.46. The van der Waals surface area contributed by atoms with Gasteiger partial charge >= 0.3 is 0 Å². The molecule has 2 heterocycles. The van der Waals surface area contributed by atoms with Gasteiger partial charge in [-0.15, -0.1) is 0 Å². The standard InChI is InChI=1S/C18H28N2O3/c1-2-18(22-10-1)15-19-14-16-3-5-17(6-4-16)23-13-9-20-7-11-21-12-8-20/h3-6,18-19H,1-2,7-15H2/t18-/m0/s1. The highest BCUT2D eigenvalue weighted by molar-refractivity contribution is 5.27. The van der Waals surface area contributed by atoms with Crippen LogP contribution in [0.4, 0.5) is 0 Å². The summed E-state index contributed by atoms with van der Waals surface area (Å²) in [6.07, 6.45) is 2.78. The molecule has 2 aliphatic rings. The maximum atomic E-state index is 5.83. The average Bonchev–Trinajstić information content (AvgIpc) is 3.11. The normalized spacial score (nSPS) is 22.3. The van der Waals surface area contributed by atoms with Crippen molar-refractivity contribution in [1.29, 1.82) is 0 Å². The minimum atomic E-state index is 0.401. The fourth-order valence-electron chi connectivity index (χ4n) is 3.00. The topological polar surface area (TPSA) is 43.0 Å². The number of hydrogen-bond donors (Lipinski definition) is 1. The maximum Gasteiger partial charge on any atom is 0.119 e. The molecule has 2 aliphatic heterocycles. The SMILES string of the molecule is c1cc(OCCN2CCOCC2)ccc1CNC[C@@H]1CCCO1. The molecule has 23 heavy (non-hydrogen) atoms. The quantitative estimate of drug-likeness (QED) is 0.789. The van der Waals surface area contributed by atoms with Crippen LogP contribution in [0.1, 0.15) is 18.4 Å². The molecule has 0 radical (unpaired) electrons. The highest BCUT2D eigenvalue weighted by Gasteiger charge is 2.14. The van der Waals surface area contributed by atoms with Crippen LogP contribution in [0.25, 0.3) is 0 Å². The molecule has 2 fully saturated rings. The van der Waals surface area contributed by atoms with E-state index in [1.165, 1.54) is 18.4 Å². The summed E-state index contributed by atoms with van der Waals surface area (Å²) in [6.45, 7) is 8.15. The van der Waals surface area contributed by atoms with E-state index < -0.39 is 0 Å². The molecule has 0 bridgehead atoms. The van der Waals surface area contributed by atoms with Crippen LogP contribution in [-0.4, -0.2) is 63.6 Å². The van der Waals surface area contributed by atoms with Gasteiger partial charge in [0, 0.05) is 39.3 Å². The third-order valence-corrected chi connectivity index (χ3v) is 4.43. The number of nitrogens with zero attached hydrogens (tertiary/aromatic N) is 1. The first-order valence-corrected chi connectivity index (χ1v) is 8.74. The van der Waals surface area contributed by atoms with Gasteiger partial charge in [-0.3, -0.25) is 4.90 Å². The van der Waals surface area contributed by atoms with Crippen molar-refractivity contribution in [1.82, 2.24) is 10.2 Å². The number of nitrogens with one attached hydrogen (secondary N) is 1. The average molecular weight is 320 g/mol. The summed E-state index contributed by atoms with van der Waals surface area (Å²) >= 11 is 0. The smallest absolute Gasteiger partial charge is 0.119 e. The summed E-state index contributed by atoms with van der Waals surface area (Å²) < 4.78 is 16.8. The van der Waals surface area contributed by atoms with Gasteiger partial charge in [-0.05, 0) is 30.5 Å². The molecule has 1 N–H and O–H groups in total. The number of hydrogen-bond acceptors (Lipinski definition) is 5. The van der Waals surface area contributed by atoms with E-state index in [1.54, 1.807) is 0 Å². The number of rotatable bonds is 8. The summed E-state index contributed by atoms with van der Waals surface area (Å²) in [5.41, 5.74) is 1.28. The van der Waals surface area contributed by atoms with E-state index in [1.807, 2.05) is 0 Å². The van der Waals surface area contributed by atoms with Gasteiger partial charge in [-0.2, -0.15) is 0 Å². The Hall–Kier alpha value is -1.14. The van der Waals surface area contributed by atoms with Crippen LogP contribution in [0.15, 0.2) is 24.3 Å². The third-order valence-electron chi connectivity index (χ3n) is 4.43. The third kappa shape index (κ3) is 5.77. The van der Waals surface area contributed by atoms with Gasteiger partial charge in [-0.1, -0.05) is 12.1 Å². The molecule has 0 amide bonds. The van der Waals surface area contributed by atoms with Crippen LogP contribution in [0.3, 0.4) is 0 Å². The van der Waals surface area contributed by atoms with Crippen molar-refractivity contribution in [2.45, 2.75) is 25.5 Å². The Morgan fingerprint density at radius 2 is 1.96 bits per heavy atom.